The second kappa shape index (κ2) is 9.85. The molecular weight excluding hydrogens is 406 g/mol. The van der Waals surface area contributed by atoms with Gasteiger partial charge in [-0.1, -0.05) is 41.6 Å². The maximum Gasteiger partial charge on any atom is 0.191 e. The van der Waals surface area contributed by atoms with Crippen molar-refractivity contribution in [1.82, 2.24) is 14.8 Å². The molecule has 0 fully saturated rings. The lowest BCUT2D eigenvalue weighted by molar-refractivity contribution is 0.289. The number of thioether (sulfide) groups is 1. The summed E-state index contributed by atoms with van der Waals surface area (Å²) < 4.78 is 13.3. The number of hydrogen-bond donors (Lipinski definition) is 0. The van der Waals surface area contributed by atoms with Crippen LogP contribution in [-0.2, 0) is 18.9 Å². The minimum atomic E-state index is 0.321. The first-order valence-electron chi connectivity index (χ1n) is 9.20. The zero-order valence-electron chi connectivity index (χ0n) is 16.8. The summed E-state index contributed by atoms with van der Waals surface area (Å²) in [5.41, 5.74) is 3.14. The Morgan fingerprint density at radius 1 is 1.14 bits per heavy atom. The Bertz CT molecular complexity index is 980. The molecule has 1 heterocycles. The maximum absolute atomic E-state index is 6.24. The van der Waals surface area contributed by atoms with E-state index < -0.39 is 0 Å². The summed E-state index contributed by atoms with van der Waals surface area (Å²) in [7, 11) is 1.67. The van der Waals surface area contributed by atoms with Crippen LogP contribution >= 0.6 is 23.4 Å². The number of aromatic nitrogens is 3. The third-order valence-corrected chi connectivity index (χ3v) is 6.02. The first kappa shape index (κ1) is 21.3. The van der Waals surface area contributed by atoms with Crippen LogP contribution in [0.25, 0.3) is 0 Å². The number of nitrogens with zero attached hydrogens (tertiary/aromatic N) is 3. The molecular formula is C22H24ClN3O2S. The second-order valence-electron chi connectivity index (χ2n) is 6.60. The number of aryl methyl sites for hydroxylation is 2. The molecule has 7 heteroatoms. The van der Waals surface area contributed by atoms with E-state index in [0.29, 0.717) is 13.2 Å². The number of methoxy groups -OCH3 is 1. The van der Waals surface area contributed by atoms with E-state index in [1.54, 1.807) is 18.9 Å². The molecule has 0 saturated carbocycles. The molecule has 0 radical (unpaired) electrons. The van der Waals surface area contributed by atoms with E-state index in [4.69, 9.17) is 21.1 Å². The van der Waals surface area contributed by atoms with E-state index in [1.165, 1.54) is 0 Å². The second-order valence-corrected chi connectivity index (χ2v) is 7.92. The minimum absolute atomic E-state index is 0.321. The first-order chi connectivity index (χ1) is 14.0. The summed E-state index contributed by atoms with van der Waals surface area (Å²) in [5, 5.41) is 10.3. The zero-order chi connectivity index (χ0) is 20.8. The molecule has 0 aliphatic rings. The molecule has 0 spiro atoms. The largest absolute Gasteiger partial charge is 0.497 e. The summed E-state index contributed by atoms with van der Waals surface area (Å²) in [6.45, 7) is 8.72. The van der Waals surface area contributed by atoms with Gasteiger partial charge in [0.05, 0.1) is 7.11 Å². The van der Waals surface area contributed by atoms with Gasteiger partial charge in [0.1, 0.15) is 18.1 Å². The summed E-state index contributed by atoms with van der Waals surface area (Å²) in [4.78, 5) is 0. The van der Waals surface area contributed by atoms with Crippen LogP contribution < -0.4 is 9.47 Å². The van der Waals surface area contributed by atoms with Gasteiger partial charge in [-0.2, -0.15) is 0 Å². The lowest BCUT2D eigenvalue weighted by Crippen LogP contribution is -2.07. The van der Waals surface area contributed by atoms with E-state index in [2.05, 4.69) is 22.8 Å². The molecule has 0 aliphatic heterocycles. The van der Waals surface area contributed by atoms with Crippen LogP contribution in [0.2, 0.25) is 5.02 Å². The van der Waals surface area contributed by atoms with Gasteiger partial charge in [-0.15, -0.1) is 16.8 Å². The van der Waals surface area contributed by atoms with E-state index in [0.717, 1.165) is 49.9 Å². The third-order valence-electron chi connectivity index (χ3n) is 4.39. The molecule has 0 saturated heterocycles. The molecule has 0 bridgehead atoms. The van der Waals surface area contributed by atoms with Crippen molar-refractivity contribution in [2.24, 2.45) is 0 Å². The Balaban J connectivity index is 1.71. The van der Waals surface area contributed by atoms with Gasteiger partial charge in [-0.3, -0.25) is 4.57 Å². The monoisotopic (exact) mass is 429 g/mol. The Morgan fingerprint density at radius 3 is 2.59 bits per heavy atom. The van der Waals surface area contributed by atoms with Crippen molar-refractivity contribution in [2.45, 2.75) is 37.9 Å². The van der Waals surface area contributed by atoms with Crippen LogP contribution in [0.5, 0.6) is 11.5 Å². The van der Waals surface area contributed by atoms with Gasteiger partial charge in [0.25, 0.3) is 0 Å². The van der Waals surface area contributed by atoms with E-state index in [9.17, 15) is 0 Å². The SMILES string of the molecule is C=CCn1c(COc2cc(C)c(Cl)c(C)c2)nnc1SCc1cccc(OC)c1. The predicted molar refractivity (Wildman–Crippen MR) is 118 cm³/mol. The van der Waals surface area contributed by atoms with Crippen LogP contribution in [0.3, 0.4) is 0 Å². The molecule has 0 atom stereocenters. The van der Waals surface area contributed by atoms with Crippen LogP contribution in [0.1, 0.15) is 22.5 Å². The van der Waals surface area contributed by atoms with Gasteiger partial charge in [0, 0.05) is 17.3 Å². The van der Waals surface area contributed by atoms with E-state index in [1.807, 2.05) is 54.8 Å². The predicted octanol–water partition coefficient (Wildman–Crippen LogP) is 5.61. The van der Waals surface area contributed by atoms with Crippen molar-refractivity contribution in [2.75, 3.05) is 7.11 Å². The molecule has 152 valence electrons. The average molecular weight is 430 g/mol. The number of rotatable bonds is 9. The maximum atomic E-state index is 6.24. The topological polar surface area (TPSA) is 49.2 Å². The molecule has 29 heavy (non-hydrogen) atoms. The molecule has 5 nitrogen and oxygen atoms in total. The lowest BCUT2D eigenvalue weighted by Gasteiger charge is -2.11. The fraction of sp³-hybridized carbons (Fsp3) is 0.273. The van der Waals surface area contributed by atoms with Gasteiger partial charge < -0.3 is 9.47 Å². The molecule has 3 rings (SSSR count). The van der Waals surface area contributed by atoms with Crippen LogP contribution in [0.15, 0.2) is 54.2 Å². The van der Waals surface area contributed by atoms with Gasteiger partial charge in [-0.25, -0.2) is 0 Å². The molecule has 1 aromatic heterocycles. The van der Waals surface area contributed by atoms with Crippen molar-refractivity contribution in [1.29, 1.82) is 0 Å². The average Bonchev–Trinajstić information content (AvgIpc) is 3.11. The fourth-order valence-electron chi connectivity index (χ4n) is 2.89. The van der Waals surface area contributed by atoms with Gasteiger partial charge >= 0.3 is 0 Å². The molecule has 0 amide bonds. The first-order valence-corrected chi connectivity index (χ1v) is 10.6. The summed E-state index contributed by atoms with van der Waals surface area (Å²) in [5.74, 6) is 3.13. The van der Waals surface area contributed by atoms with Crippen molar-refractivity contribution < 1.29 is 9.47 Å². The summed E-state index contributed by atoms with van der Waals surface area (Å²) in [6.07, 6.45) is 1.83. The Morgan fingerprint density at radius 2 is 1.90 bits per heavy atom. The molecule has 2 aromatic carbocycles. The van der Waals surface area contributed by atoms with Gasteiger partial charge in [-0.05, 0) is 54.8 Å². The quantitative estimate of drug-likeness (QED) is 0.326. The third kappa shape index (κ3) is 5.34. The number of hydrogen-bond acceptors (Lipinski definition) is 5. The molecule has 0 unspecified atom stereocenters. The normalized spacial score (nSPS) is 10.8. The van der Waals surface area contributed by atoms with Crippen molar-refractivity contribution in [3.63, 3.8) is 0 Å². The molecule has 3 aromatic rings. The standard InChI is InChI=1S/C22H24ClN3O2S/c1-5-9-26-20(13-28-19-10-15(2)21(23)16(3)11-19)24-25-22(26)29-14-17-7-6-8-18(12-17)27-4/h5-8,10-12H,1,9,13-14H2,2-4H3. The van der Waals surface area contributed by atoms with Crippen molar-refractivity contribution in [3.05, 3.63) is 76.6 Å². The van der Waals surface area contributed by atoms with Crippen LogP contribution in [0.4, 0.5) is 0 Å². The summed E-state index contributed by atoms with van der Waals surface area (Å²) in [6, 6.07) is 11.9. The molecule has 0 N–H and O–H groups in total. The number of benzene rings is 2. The highest BCUT2D eigenvalue weighted by Crippen LogP contribution is 2.27. The highest BCUT2D eigenvalue weighted by Gasteiger charge is 2.13. The highest BCUT2D eigenvalue weighted by molar-refractivity contribution is 7.98. The number of halogens is 1. The Hall–Kier alpha value is -2.44. The number of ether oxygens (including phenoxy) is 2. The van der Waals surface area contributed by atoms with Gasteiger partial charge in [0.2, 0.25) is 0 Å². The van der Waals surface area contributed by atoms with E-state index in [-0.39, 0.29) is 0 Å². The Labute approximate surface area is 180 Å². The van der Waals surface area contributed by atoms with Gasteiger partial charge in [0.15, 0.2) is 11.0 Å². The van der Waals surface area contributed by atoms with Crippen LogP contribution in [0, 0.1) is 13.8 Å². The number of allylic oxidation sites excluding steroid dienone is 1. The Kier molecular flexibility index (Phi) is 7.23. The minimum Gasteiger partial charge on any atom is -0.497 e. The van der Waals surface area contributed by atoms with E-state index >= 15 is 0 Å². The lowest BCUT2D eigenvalue weighted by atomic mass is 10.1. The fourth-order valence-corrected chi connectivity index (χ4v) is 3.91. The highest BCUT2D eigenvalue weighted by atomic mass is 35.5. The molecule has 0 aliphatic carbocycles. The zero-order valence-corrected chi connectivity index (χ0v) is 18.4. The summed E-state index contributed by atoms with van der Waals surface area (Å²) >= 11 is 7.86. The van der Waals surface area contributed by atoms with Crippen LogP contribution in [-0.4, -0.2) is 21.9 Å². The van der Waals surface area contributed by atoms with Crippen molar-refractivity contribution in [3.8, 4) is 11.5 Å². The van der Waals surface area contributed by atoms with Crippen molar-refractivity contribution >= 4 is 23.4 Å². The smallest absolute Gasteiger partial charge is 0.191 e.